The highest BCUT2D eigenvalue weighted by molar-refractivity contribution is 6.31. The van der Waals surface area contributed by atoms with Crippen molar-refractivity contribution in [1.82, 2.24) is 14.0 Å². The van der Waals surface area contributed by atoms with Gasteiger partial charge in [-0.1, -0.05) is 11.6 Å². The van der Waals surface area contributed by atoms with Crippen LogP contribution < -0.4 is 5.76 Å². The summed E-state index contributed by atoms with van der Waals surface area (Å²) in [5.74, 6) is -0.0512. The Morgan fingerprint density at radius 3 is 2.60 bits per heavy atom. The number of phenolic OH excluding ortho intramolecular Hbond substituents is 1. The molecule has 5 rings (SSSR count). The number of oxazole rings is 1. The second-order valence-electron chi connectivity index (χ2n) is 7.74. The number of phenols is 1. The molecule has 2 aromatic heterocycles. The lowest BCUT2D eigenvalue weighted by molar-refractivity contribution is 0.175. The van der Waals surface area contributed by atoms with E-state index in [0.717, 1.165) is 43.7 Å². The molecule has 3 heterocycles. The van der Waals surface area contributed by atoms with Gasteiger partial charge in [0.2, 0.25) is 0 Å². The van der Waals surface area contributed by atoms with Crippen LogP contribution in [0.4, 0.5) is 0 Å². The van der Waals surface area contributed by atoms with Gasteiger partial charge < -0.3 is 14.1 Å². The topological polar surface area (TPSA) is 63.5 Å². The first kappa shape index (κ1) is 19.0. The van der Waals surface area contributed by atoms with Gasteiger partial charge in [-0.15, -0.1) is 0 Å². The molecule has 0 atom stereocenters. The first-order chi connectivity index (χ1) is 14.6. The van der Waals surface area contributed by atoms with Crippen molar-refractivity contribution >= 4 is 22.7 Å². The molecule has 1 saturated heterocycles. The zero-order valence-corrected chi connectivity index (χ0v) is 17.1. The van der Waals surface area contributed by atoms with Crippen LogP contribution in [-0.4, -0.2) is 32.2 Å². The summed E-state index contributed by atoms with van der Waals surface area (Å²) in [5.41, 5.74) is 3.57. The van der Waals surface area contributed by atoms with Crippen molar-refractivity contribution in [2.45, 2.75) is 25.4 Å². The SMILES string of the molecule is O=c1oc2ccc(Cl)cc2n1C1CCN(Cc2cccn2-c2ccc(O)cc2)CC1. The van der Waals surface area contributed by atoms with E-state index in [1.165, 1.54) is 5.69 Å². The Morgan fingerprint density at radius 2 is 1.83 bits per heavy atom. The first-order valence-electron chi connectivity index (χ1n) is 10.1. The van der Waals surface area contributed by atoms with E-state index < -0.39 is 0 Å². The number of aromatic hydroxyl groups is 1. The maximum atomic E-state index is 12.4. The van der Waals surface area contributed by atoms with Crippen molar-refractivity contribution < 1.29 is 9.52 Å². The van der Waals surface area contributed by atoms with Crippen LogP contribution in [-0.2, 0) is 6.54 Å². The second-order valence-corrected chi connectivity index (χ2v) is 8.18. The number of aromatic nitrogens is 2. The lowest BCUT2D eigenvalue weighted by Crippen LogP contribution is -2.36. The Labute approximate surface area is 178 Å². The average Bonchev–Trinajstić information content (AvgIpc) is 3.33. The van der Waals surface area contributed by atoms with Gasteiger partial charge in [0.25, 0.3) is 0 Å². The minimum atomic E-state index is -0.313. The van der Waals surface area contributed by atoms with E-state index in [4.69, 9.17) is 16.0 Å². The number of halogens is 1. The maximum absolute atomic E-state index is 12.4. The number of hydrogen-bond donors (Lipinski definition) is 1. The summed E-state index contributed by atoms with van der Waals surface area (Å²) in [6.07, 6.45) is 3.79. The highest BCUT2D eigenvalue weighted by Crippen LogP contribution is 2.28. The molecule has 0 radical (unpaired) electrons. The third kappa shape index (κ3) is 3.53. The molecule has 0 bridgehead atoms. The molecule has 0 amide bonds. The van der Waals surface area contributed by atoms with Crippen LogP contribution in [0.5, 0.6) is 5.75 Å². The molecule has 0 unspecified atom stereocenters. The van der Waals surface area contributed by atoms with E-state index in [0.29, 0.717) is 10.6 Å². The largest absolute Gasteiger partial charge is 0.508 e. The fourth-order valence-corrected chi connectivity index (χ4v) is 4.49. The molecule has 6 nitrogen and oxygen atoms in total. The summed E-state index contributed by atoms with van der Waals surface area (Å²) in [6.45, 7) is 2.61. The predicted octanol–water partition coefficient (Wildman–Crippen LogP) is 4.58. The van der Waals surface area contributed by atoms with Crippen molar-refractivity contribution in [1.29, 1.82) is 0 Å². The molecule has 1 aliphatic heterocycles. The Bertz CT molecular complexity index is 1230. The number of likely N-dealkylation sites (tertiary alicyclic amines) is 1. The van der Waals surface area contributed by atoms with Crippen molar-refractivity contribution in [3.05, 3.63) is 82.1 Å². The van der Waals surface area contributed by atoms with Crippen molar-refractivity contribution in [3.8, 4) is 11.4 Å². The number of hydrogen-bond acceptors (Lipinski definition) is 4. The summed E-state index contributed by atoms with van der Waals surface area (Å²) in [6, 6.07) is 16.8. The van der Waals surface area contributed by atoms with E-state index in [1.807, 2.05) is 24.4 Å². The van der Waals surface area contributed by atoms with Crippen LogP contribution in [0.25, 0.3) is 16.8 Å². The van der Waals surface area contributed by atoms with Gasteiger partial charge in [-0.25, -0.2) is 4.79 Å². The summed E-state index contributed by atoms with van der Waals surface area (Å²) in [4.78, 5) is 14.8. The average molecular weight is 424 g/mol. The van der Waals surface area contributed by atoms with Crippen molar-refractivity contribution in [2.24, 2.45) is 0 Å². The number of piperidine rings is 1. The summed E-state index contributed by atoms with van der Waals surface area (Å²) >= 11 is 6.13. The molecule has 154 valence electrons. The number of rotatable bonds is 4. The normalized spacial score (nSPS) is 15.8. The Morgan fingerprint density at radius 1 is 1.07 bits per heavy atom. The molecule has 7 heteroatoms. The zero-order chi connectivity index (χ0) is 20.7. The fraction of sp³-hybridized carbons (Fsp3) is 0.261. The molecule has 0 aliphatic carbocycles. The van der Waals surface area contributed by atoms with E-state index in [1.54, 1.807) is 34.9 Å². The number of nitrogens with zero attached hydrogens (tertiary/aromatic N) is 3. The molecule has 1 aliphatic rings. The summed E-state index contributed by atoms with van der Waals surface area (Å²) in [7, 11) is 0. The minimum Gasteiger partial charge on any atom is -0.508 e. The molecule has 4 aromatic rings. The summed E-state index contributed by atoms with van der Waals surface area (Å²) < 4.78 is 9.31. The molecular weight excluding hydrogens is 402 g/mol. The van der Waals surface area contributed by atoms with Crippen LogP contribution in [0.15, 0.2) is 70.0 Å². The Kier molecular flexibility index (Phi) is 4.89. The van der Waals surface area contributed by atoms with Crippen LogP contribution in [0.1, 0.15) is 24.6 Å². The Balaban J connectivity index is 1.31. The molecular formula is C23H22ClN3O3. The maximum Gasteiger partial charge on any atom is 0.420 e. The smallest absolute Gasteiger partial charge is 0.420 e. The Hall–Kier alpha value is -2.96. The van der Waals surface area contributed by atoms with E-state index in [-0.39, 0.29) is 17.5 Å². The molecule has 0 spiro atoms. The first-order valence-corrected chi connectivity index (χ1v) is 10.4. The number of fused-ring (bicyclic) bond motifs is 1. The van der Waals surface area contributed by atoms with Gasteiger partial charge in [0.1, 0.15) is 5.75 Å². The van der Waals surface area contributed by atoms with Gasteiger partial charge in [0, 0.05) is 48.3 Å². The van der Waals surface area contributed by atoms with Gasteiger partial charge in [-0.05, 0) is 67.4 Å². The quantitative estimate of drug-likeness (QED) is 0.521. The minimum absolute atomic E-state index is 0.109. The van der Waals surface area contributed by atoms with E-state index >= 15 is 0 Å². The monoisotopic (exact) mass is 423 g/mol. The highest BCUT2D eigenvalue weighted by atomic mass is 35.5. The van der Waals surface area contributed by atoms with E-state index in [2.05, 4.69) is 15.5 Å². The fourth-order valence-electron chi connectivity index (χ4n) is 4.33. The van der Waals surface area contributed by atoms with Crippen LogP contribution in [0.2, 0.25) is 5.02 Å². The third-order valence-corrected chi connectivity index (χ3v) is 6.08. The van der Waals surface area contributed by atoms with Crippen molar-refractivity contribution in [3.63, 3.8) is 0 Å². The zero-order valence-electron chi connectivity index (χ0n) is 16.4. The lowest BCUT2D eigenvalue weighted by Gasteiger charge is -2.32. The van der Waals surface area contributed by atoms with Gasteiger partial charge in [0.05, 0.1) is 5.52 Å². The van der Waals surface area contributed by atoms with Crippen LogP contribution in [0, 0.1) is 0 Å². The van der Waals surface area contributed by atoms with Crippen LogP contribution in [0.3, 0.4) is 0 Å². The summed E-state index contributed by atoms with van der Waals surface area (Å²) in [5, 5.41) is 10.1. The highest BCUT2D eigenvalue weighted by Gasteiger charge is 2.25. The lowest BCUT2D eigenvalue weighted by atomic mass is 10.0. The molecule has 1 N–H and O–H groups in total. The molecule has 2 aromatic carbocycles. The van der Waals surface area contributed by atoms with Crippen molar-refractivity contribution in [2.75, 3.05) is 13.1 Å². The van der Waals surface area contributed by atoms with Gasteiger partial charge in [0.15, 0.2) is 5.58 Å². The number of benzene rings is 2. The second kappa shape index (κ2) is 7.70. The predicted molar refractivity (Wildman–Crippen MR) is 116 cm³/mol. The third-order valence-electron chi connectivity index (χ3n) is 5.84. The van der Waals surface area contributed by atoms with Gasteiger partial charge >= 0.3 is 5.76 Å². The molecule has 30 heavy (non-hydrogen) atoms. The molecule has 1 fully saturated rings. The van der Waals surface area contributed by atoms with Crippen LogP contribution >= 0.6 is 11.6 Å². The van der Waals surface area contributed by atoms with Gasteiger partial charge in [-0.3, -0.25) is 9.47 Å². The van der Waals surface area contributed by atoms with Gasteiger partial charge in [-0.2, -0.15) is 0 Å². The van der Waals surface area contributed by atoms with E-state index in [9.17, 15) is 9.90 Å². The standard InChI is InChI=1S/C23H22ClN3O3/c24-16-3-8-22-21(14-16)27(23(29)30-22)18-9-12-25(13-10-18)15-19-2-1-11-26(19)17-4-6-20(28)7-5-17/h1-8,11,14,18,28H,9-10,12-13,15H2. The molecule has 0 saturated carbocycles.